The van der Waals surface area contributed by atoms with Crippen LogP contribution in [0.3, 0.4) is 0 Å². The number of para-hydroxylation sites is 1. The molecule has 1 aliphatic rings. The van der Waals surface area contributed by atoms with Crippen molar-refractivity contribution in [3.63, 3.8) is 0 Å². The van der Waals surface area contributed by atoms with Gasteiger partial charge in [-0.3, -0.25) is 9.69 Å². The number of carbonyl (C=O) groups excluding carboxylic acids is 1. The molecule has 1 aromatic heterocycles. The second-order valence-electron chi connectivity index (χ2n) is 7.08. The van der Waals surface area contributed by atoms with E-state index in [1.54, 1.807) is 22.7 Å². The van der Waals surface area contributed by atoms with Crippen molar-refractivity contribution in [1.29, 1.82) is 0 Å². The van der Waals surface area contributed by atoms with Crippen molar-refractivity contribution in [3.05, 3.63) is 59.1 Å². The van der Waals surface area contributed by atoms with Crippen LogP contribution in [-0.2, 0) is 4.79 Å². The molecule has 0 radical (unpaired) electrons. The molecule has 0 fully saturated rings. The summed E-state index contributed by atoms with van der Waals surface area (Å²) in [6, 6.07) is 15.0. The van der Waals surface area contributed by atoms with Gasteiger partial charge in [0, 0.05) is 28.3 Å². The number of carbonyl (C=O) groups is 1. The van der Waals surface area contributed by atoms with E-state index in [1.807, 2.05) is 49.4 Å². The molecule has 1 atom stereocenters. The lowest BCUT2D eigenvalue weighted by Gasteiger charge is -2.31. The zero-order valence-corrected chi connectivity index (χ0v) is 19.0. The molecule has 2 heterocycles. The van der Waals surface area contributed by atoms with Crippen LogP contribution in [0, 0.1) is 0 Å². The minimum atomic E-state index is -0.770. The Morgan fingerprint density at radius 2 is 1.90 bits per heavy atom. The van der Waals surface area contributed by atoms with Crippen LogP contribution in [0.15, 0.2) is 53.7 Å². The van der Waals surface area contributed by atoms with Gasteiger partial charge in [-0.05, 0) is 18.6 Å². The first-order valence-electron chi connectivity index (χ1n) is 10.3. The van der Waals surface area contributed by atoms with Gasteiger partial charge < -0.3 is 4.74 Å². The summed E-state index contributed by atoms with van der Waals surface area (Å²) in [5, 5.41) is 9.81. The van der Waals surface area contributed by atoms with E-state index >= 15 is 0 Å². The smallest absolute Gasteiger partial charge is 0.247 e. The molecule has 6 nitrogen and oxygen atoms in total. The highest BCUT2D eigenvalue weighted by molar-refractivity contribution is 7.99. The van der Waals surface area contributed by atoms with Crippen molar-refractivity contribution in [1.82, 2.24) is 15.2 Å². The third kappa shape index (κ3) is 4.38. The predicted molar refractivity (Wildman–Crippen MR) is 123 cm³/mol. The second-order valence-corrected chi connectivity index (χ2v) is 8.55. The van der Waals surface area contributed by atoms with Crippen LogP contribution in [0.5, 0.6) is 5.88 Å². The van der Waals surface area contributed by atoms with E-state index in [9.17, 15) is 4.79 Å². The van der Waals surface area contributed by atoms with Crippen LogP contribution in [-0.4, -0.2) is 26.8 Å². The molecule has 3 aromatic rings. The molecule has 2 aromatic carbocycles. The quantitative estimate of drug-likeness (QED) is 0.340. The lowest BCUT2D eigenvalue weighted by molar-refractivity contribution is -0.120. The van der Waals surface area contributed by atoms with Crippen LogP contribution in [0.1, 0.15) is 44.9 Å². The summed E-state index contributed by atoms with van der Waals surface area (Å²) in [6.45, 7) is 3.97. The number of hydrogen-bond acceptors (Lipinski definition) is 6. The number of hydrogen-bond donors (Lipinski definition) is 0. The van der Waals surface area contributed by atoms with Gasteiger partial charge in [0.1, 0.15) is 0 Å². The summed E-state index contributed by atoms with van der Waals surface area (Å²) in [5.41, 5.74) is 2.64. The van der Waals surface area contributed by atoms with Crippen LogP contribution in [0.25, 0.3) is 11.3 Å². The fourth-order valence-electron chi connectivity index (χ4n) is 3.40. The fraction of sp³-hybridized carbons (Fsp3) is 0.304. The Morgan fingerprint density at radius 1 is 1.13 bits per heavy atom. The Labute approximate surface area is 191 Å². The van der Waals surface area contributed by atoms with Gasteiger partial charge in [-0.1, -0.05) is 80.0 Å². The zero-order chi connectivity index (χ0) is 21.8. The van der Waals surface area contributed by atoms with E-state index in [0.29, 0.717) is 39.4 Å². The van der Waals surface area contributed by atoms with E-state index in [4.69, 9.17) is 16.3 Å². The second kappa shape index (κ2) is 9.66. The number of nitrogens with zero attached hydrogens (tertiary/aromatic N) is 4. The van der Waals surface area contributed by atoms with Crippen LogP contribution < -0.4 is 9.64 Å². The van der Waals surface area contributed by atoms with Crippen LogP contribution >= 0.6 is 23.4 Å². The van der Waals surface area contributed by atoms with Gasteiger partial charge in [0.15, 0.2) is 5.69 Å². The molecule has 8 heteroatoms. The summed E-state index contributed by atoms with van der Waals surface area (Å²) in [4.78, 5) is 19.4. The maximum atomic E-state index is 13.1. The molecule has 0 saturated heterocycles. The number of rotatable bonds is 6. The van der Waals surface area contributed by atoms with Gasteiger partial charge in [-0.15, -0.1) is 10.2 Å². The number of halogens is 1. The van der Waals surface area contributed by atoms with Gasteiger partial charge >= 0.3 is 0 Å². The maximum absolute atomic E-state index is 13.1. The lowest BCUT2D eigenvalue weighted by Crippen LogP contribution is -2.37. The number of amides is 1. The van der Waals surface area contributed by atoms with E-state index in [1.165, 1.54) is 0 Å². The molecule has 0 spiro atoms. The van der Waals surface area contributed by atoms with Crippen molar-refractivity contribution in [2.45, 2.75) is 44.5 Å². The lowest BCUT2D eigenvalue weighted by atomic mass is 10.1. The minimum absolute atomic E-state index is 0.0873. The molecule has 31 heavy (non-hydrogen) atoms. The molecule has 1 aliphatic heterocycles. The molecule has 1 amide bonds. The summed E-state index contributed by atoms with van der Waals surface area (Å²) in [6.07, 6.45) is 1.70. The van der Waals surface area contributed by atoms with E-state index in [-0.39, 0.29) is 5.91 Å². The SMILES string of the molecule is CCCCSc1nnc2c(n1)OC(c1ccccc1Cl)N(C(=O)CC)c1ccccc1-2. The average Bonchev–Trinajstić information content (AvgIpc) is 2.93. The van der Waals surface area contributed by atoms with Crippen molar-refractivity contribution < 1.29 is 9.53 Å². The minimum Gasteiger partial charge on any atom is -0.447 e. The third-order valence-corrected chi connectivity index (χ3v) is 6.25. The highest BCUT2D eigenvalue weighted by atomic mass is 35.5. The number of aromatic nitrogens is 3. The standard InChI is InChI=1S/C23H23ClN4O2S/c1-3-5-14-31-23-25-21-20(26-27-23)16-11-7-9-13-18(16)28(19(29)4-2)22(30-21)15-10-6-8-12-17(15)24/h6-13,22H,3-5,14H2,1-2H3. The Bertz CT molecular complexity index is 1090. The first kappa shape index (κ1) is 21.6. The Kier molecular flexibility index (Phi) is 6.73. The molecule has 1 unspecified atom stereocenters. The Hall–Kier alpha value is -2.64. The zero-order valence-electron chi connectivity index (χ0n) is 17.4. The number of fused-ring (bicyclic) bond motifs is 3. The maximum Gasteiger partial charge on any atom is 0.247 e. The van der Waals surface area contributed by atoms with E-state index in [2.05, 4.69) is 22.1 Å². The Balaban J connectivity index is 1.88. The number of ether oxygens (including phenoxy) is 1. The predicted octanol–water partition coefficient (Wildman–Crippen LogP) is 5.92. The highest BCUT2D eigenvalue weighted by Crippen LogP contribution is 2.44. The largest absolute Gasteiger partial charge is 0.447 e. The first-order valence-corrected chi connectivity index (χ1v) is 11.7. The fourth-order valence-corrected chi connectivity index (χ4v) is 4.49. The van der Waals surface area contributed by atoms with Crippen molar-refractivity contribution in [2.75, 3.05) is 10.7 Å². The number of benzene rings is 2. The normalized spacial score (nSPS) is 14.9. The van der Waals surface area contributed by atoms with Crippen molar-refractivity contribution in [2.24, 2.45) is 0 Å². The van der Waals surface area contributed by atoms with Gasteiger partial charge in [-0.25, -0.2) is 0 Å². The molecule has 160 valence electrons. The number of anilines is 1. The van der Waals surface area contributed by atoms with Crippen LogP contribution in [0.2, 0.25) is 5.02 Å². The van der Waals surface area contributed by atoms with Gasteiger partial charge in [0.2, 0.25) is 23.2 Å². The monoisotopic (exact) mass is 454 g/mol. The third-order valence-electron chi connectivity index (χ3n) is 4.98. The Morgan fingerprint density at radius 3 is 2.68 bits per heavy atom. The summed E-state index contributed by atoms with van der Waals surface area (Å²) in [5.74, 6) is 1.16. The molecule has 0 N–H and O–H groups in total. The van der Waals surface area contributed by atoms with Crippen molar-refractivity contribution >= 4 is 35.0 Å². The first-order chi connectivity index (χ1) is 15.1. The van der Waals surface area contributed by atoms with E-state index in [0.717, 1.165) is 24.2 Å². The molecule has 4 rings (SSSR count). The molecular formula is C23H23ClN4O2S. The average molecular weight is 455 g/mol. The van der Waals surface area contributed by atoms with Gasteiger partial charge in [-0.2, -0.15) is 4.98 Å². The molecule has 0 saturated carbocycles. The summed E-state index contributed by atoms with van der Waals surface area (Å²) in [7, 11) is 0. The molecule has 0 bridgehead atoms. The topological polar surface area (TPSA) is 68.2 Å². The molecular weight excluding hydrogens is 432 g/mol. The van der Waals surface area contributed by atoms with Gasteiger partial charge in [0.25, 0.3) is 0 Å². The van der Waals surface area contributed by atoms with Crippen molar-refractivity contribution in [3.8, 4) is 17.1 Å². The highest BCUT2D eigenvalue weighted by Gasteiger charge is 2.36. The number of thioether (sulfide) groups is 1. The van der Waals surface area contributed by atoms with E-state index < -0.39 is 6.23 Å². The van der Waals surface area contributed by atoms with Gasteiger partial charge in [0.05, 0.1) is 5.69 Å². The van der Waals surface area contributed by atoms with Crippen LogP contribution in [0.4, 0.5) is 5.69 Å². The molecule has 0 aliphatic carbocycles. The summed E-state index contributed by atoms with van der Waals surface area (Å²) < 4.78 is 6.38. The summed E-state index contributed by atoms with van der Waals surface area (Å²) >= 11 is 8.07. The number of unbranched alkanes of at least 4 members (excludes halogenated alkanes) is 1.